The van der Waals surface area contributed by atoms with Gasteiger partial charge < -0.3 is 5.11 Å². The smallest absolute Gasteiger partial charge is 0.0559 e. The molecule has 0 fully saturated rings. The summed E-state index contributed by atoms with van der Waals surface area (Å²) in [6, 6.07) is 3.68. The highest BCUT2D eigenvalue weighted by Gasteiger charge is 1.95. The molecule has 0 aliphatic rings. The van der Waals surface area contributed by atoms with E-state index in [0.29, 0.717) is 6.42 Å². The predicted octanol–water partition coefficient (Wildman–Crippen LogP) is 0.905. The molecule has 1 aromatic heterocycles. The summed E-state index contributed by atoms with van der Waals surface area (Å²) >= 11 is 4.16. The average molecular weight is 155 g/mol. The van der Waals surface area contributed by atoms with Gasteiger partial charge in [0.1, 0.15) is 0 Å². The van der Waals surface area contributed by atoms with Crippen LogP contribution in [0.4, 0.5) is 0 Å². The van der Waals surface area contributed by atoms with Crippen molar-refractivity contribution in [1.82, 2.24) is 4.98 Å². The number of pyridine rings is 1. The molecule has 0 bridgehead atoms. The van der Waals surface area contributed by atoms with Crippen molar-refractivity contribution in [1.29, 1.82) is 0 Å². The molecule has 2 nitrogen and oxygen atoms in total. The van der Waals surface area contributed by atoms with Gasteiger partial charge in [-0.2, -0.15) is 0 Å². The summed E-state index contributed by atoms with van der Waals surface area (Å²) in [4.78, 5) is 4.88. The Morgan fingerprint density at radius 3 is 3.00 bits per heavy atom. The normalized spacial score (nSPS) is 9.80. The van der Waals surface area contributed by atoms with Gasteiger partial charge in [0.2, 0.25) is 0 Å². The van der Waals surface area contributed by atoms with E-state index in [2.05, 4.69) is 17.6 Å². The second-order valence-corrected chi connectivity index (χ2v) is 2.42. The minimum absolute atomic E-state index is 0.130. The van der Waals surface area contributed by atoms with Gasteiger partial charge in [0.25, 0.3) is 0 Å². The van der Waals surface area contributed by atoms with Crippen LogP contribution in [0.15, 0.2) is 23.2 Å². The molecule has 0 radical (unpaired) electrons. The van der Waals surface area contributed by atoms with Gasteiger partial charge in [0, 0.05) is 24.1 Å². The third-order valence-electron chi connectivity index (χ3n) is 1.21. The lowest BCUT2D eigenvalue weighted by Crippen LogP contribution is -1.94. The lowest BCUT2D eigenvalue weighted by Gasteiger charge is -1.98. The van der Waals surface area contributed by atoms with Gasteiger partial charge in [-0.05, 0) is 12.1 Å². The Hall–Kier alpha value is -0.540. The first kappa shape index (κ1) is 7.57. The zero-order valence-corrected chi connectivity index (χ0v) is 6.38. The van der Waals surface area contributed by atoms with E-state index < -0.39 is 0 Å². The summed E-state index contributed by atoms with van der Waals surface area (Å²) in [5.74, 6) is 0. The van der Waals surface area contributed by atoms with Crippen molar-refractivity contribution >= 4 is 12.6 Å². The van der Waals surface area contributed by atoms with E-state index in [4.69, 9.17) is 5.11 Å². The van der Waals surface area contributed by atoms with Crippen molar-refractivity contribution in [2.24, 2.45) is 0 Å². The van der Waals surface area contributed by atoms with Crippen LogP contribution in [-0.4, -0.2) is 16.7 Å². The number of aliphatic hydroxyl groups excluding tert-OH is 1. The maximum absolute atomic E-state index is 8.57. The molecule has 1 heterocycles. The molecule has 1 rings (SSSR count). The van der Waals surface area contributed by atoms with Crippen LogP contribution >= 0.6 is 12.6 Å². The molecule has 54 valence electrons. The van der Waals surface area contributed by atoms with E-state index >= 15 is 0 Å². The van der Waals surface area contributed by atoms with Crippen molar-refractivity contribution in [3.05, 3.63) is 24.0 Å². The molecule has 0 saturated carbocycles. The highest BCUT2D eigenvalue weighted by Crippen LogP contribution is 2.09. The van der Waals surface area contributed by atoms with Crippen molar-refractivity contribution in [2.45, 2.75) is 11.3 Å². The molecule has 0 aromatic carbocycles. The van der Waals surface area contributed by atoms with E-state index in [-0.39, 0.29) is 6.61 Å². The minimum Gasteiger partial charge on any atom is -0.396 e. The van der Waals surface area contributed by atoms with Crippen LogP contribution in [0.1, 0.15) is 5.69 Å². The Morgan fingerprint density at radius 2 is 2.40 bits per heavy atom. The number of nitrogens with zero attached hydrogens (tertiary/aromatic N) is 1. The quantitative estimate of drug-likeness (QED) is 0.622. The average Bonchev–Trinajstić information content (AvgIpc) is 1.94. The van der Waals surface area contributed by atoms with Gasteiger partial charge in [-0.15, -0.1) is 12.6 Å². The van der Waals surface area contributed by atoms with E-state index in [1.807, 2.05) is 12.1 Å². The number of hydrogen-bond acceptors (Lipinski definition) is 3. The fourth-order valence-corrected chi connectivity index (χ4v) is 0.984. The van der Waals surface area contributed by atoms with Gasteiger partial charge in [0.05, 0.1) is 5.69 Å². The van der Waals surface area contributed by atoms with Crippen LogP contribution in [-0.2, 0) is 6.42 Å². The number of hydrogen-bond donors (Lipinski definition) is 2. The lowest BCUT2D eigenvalue weighted by atomic mass is 10.3. The molecule has 0 spiro atoms. The van der Waals surface area contributed by atoms with Crippen LogP contribution < -0.4 is 0 Å². The maximum Gasteiger partial charge on any atom is 0.0559 e. The third-order valence-corrected chi connectivity index (χ3v) is 1.62. The molecule has 1 N–H and O–H groups in total. The zero-order chi connectivity index (χ0) is 7.40. The minimum atomic E-state index is 0.130. The Kier molecular flexibility index (Phi) is 2.71. The molecule has 3 heteroatoms. The summed E-state index contributed by atoms with van der Waals surface area (Å²) in [7, 11) is 0. The summed E-state index contributed by atoms with van der Waals surface area (Å²) in [5, 5.41) is 8.57. The fraction of sp³-hybridized carbons (Fsp3) is 0.286. The van der Waals surface area contributed by atoms with E-state index in [1.165, 1.54) is 0 Å². The zero-order valence-electron chi connectivity index (χ0n) is 5.49. The second kappa shape index (κ2) is 3.58. The van der Waals surface area contributed by atoms with Crippen LogP contribution in [0.25, 0.3) is 0 Å². The first-order valence-electron chi connectivity index (χ1n) is 3.08. The molecule has 0 amide bonds. The molecule has 0 unspecified atom stereocenters. The second-order valence-electron chi connectivity index (χ2n) is 1.94. The van der Waals surface area contributed by atoms with Crippen molar-refractivity contribution in [2.75, 3.05) is 6.61 Å². The Labute approximate surface area is 65.3 Å². The van der Waals surface area contributed by atoms with Crippen LogP contribution in [0.3, 0.4) is 0 Å². The maximum atomic E-state index is 8.57. The highest BCUT2D eigenvalue weighted by molar-refractivity contribution is 7.80. The van der Waals surface area contributed by atoms with Crippen LogP contribution in [0, 0.1) is 0 Å². The monoisotopic (exact) mass is 155 g/mol. The van der Waals surface area contributed by atoms with Gasteiger partial charge >= 0.3 is 0 Å². The summed E-state index contributed by atoms with van der Waals surface area (Å²) < 4.78 is 0. The fourth-order valence-electron chi connectivity index (χ4n) is 0.728. The topological polar surface area (TPSA) is 33.1 Å². The first-order chi connectivity index (χ1) is 4.84. The molecular weight excluding hydrogens is 146 g/mol. The molecule has 0 saturated heterocycles. The standard InChI is InChI=1S/C7H9NOS/c9-5-3-6-7(10)2-1-4-8-6/h1-2,4,9-10H,3,5H2. The Balaban J connectivity index is 2.81. The summed E-state index contributed by atoms with van der Waals surface area (Å²) in [5.41, 5.74) is 0.855. The number of thiol groups is 1. The van der Waals surface area contributed by atoms with Crippen molar-refractivity contribution < 1.29 is 5.11 Å². The number of aliphatic hydroxyl groups is 1. The Morgan fingerprint density at radius 1 is 1.60 bits per heavy atom. The lowest BCUT2D eigenvalue weighted by molar-refractivity contribution is 0.297. The predicted molar refractivity (Wildman–Crippen MR) is 42.3 cm³/mol. The summed E-state index contributed by atoms with van der Waals surface area (Å²) in [6.07, 6.45) is 2.28. The molecule has 10 heavy (non-hydrogen) atoms. The third kappa shape index (κ3) is 1.72. The summed E-state index contributed by atoms with van der Waals surface area (Å²) in [6.45, 7) is 0.130. The van der Waals surface area contributed by atoms with Gasteiger partial charge in [0.15, 0.2) is 0 Å². The largest absolute Gasteiger partial charge is 0.396 e. The SMILES string of the molecule is OCCc1ncccc1S. The first-order valence-corrected chi connectivity index (χ1v) is 3.53. The van der Waals surface area contributed by atoms with E-state index in [9.17, 15) is 0 Å². The van der Waals surface area contributed by atoms with E-state index in [1.54, 1.807) is 6.20 Å². The highest BCUT2D eigenvalue weighted by atomic mass is 32.1. The molecule has 1 aromatic rings. The van der Waals surface area contributed by atoms with E-state index in [0.717, 1.165) is 10.6 Å². The van der Waals surface area contributed by atoms with Crippen molar-refractivity contribution in [3.8, 4) is 0 Å². The van der Waals surface area contributed by atoms with Crippen LogP contribution in [0.5, 0.6) is 0 Å². The van der Waals surface area contributed by atoms with Crippen molar-refractivity contribution in [3.63, 3.8) is 0 Å². The van der Waals surface area contributed by atoms with Gasteiger partial charge in [-0.1, -0.05) is 0 Å². The molecular formula is C7H9NOS. The number of aromatic nitrogens is 1. The molecule has 0 aliphatic heterocycles. The van der Waals surface area contributed by atoms with Gasteiger partial charge in [-0.3, -0.25) is 4.98 Å². The molecule has 0 atom stereocenters. The Bertz CT molecular complexity index is 215. The van der Waals surface area contributed by atoms with Crippen LogP contribution in [0.2, 0.25) is 0 Å². The van der Waals surface area contributed by atoms with Gasteiger partial charge in [-0.25, -0.2) is 0 Å². The molecule has 0 aliphatic carbocycles. The number of rotatable bonds is 2.